The molecule has 3 rings (SSSR count). The van der Waals surface area contributed by atoms with E-state index in [4.69, 9.17) is 0 Å². The molecule has 0 amide bonds. The molecule has 0 aromatic carbocycles. The minimum Gasteiger partial charge on any atom is -0.358 e. The third-order valence-corrected chi connectivity index (χ3v) is 7.32. The van der Waals surface area contributed by atoms with Crippen LogP contribution in [-0.2, 0) is 0 Å². The summed E-state index contributed by atoms with van der Waals surface area (Å²) >= 11 is 0. The summed E-state index contributed by atoms with van der Waals surface area (Å²) in [6, 6.07) is 5.68. The molecule has 3 fully saturated rings. The molecule has 2 unspecified atom stereocenters. The highest BCUT2D eigenvalue weighted by molar-refractivity contribution is 5.39. The molecule has 3 aliphatic heterocycles. The number of likely N-dealkylation sites (N-methyl/N-ethyl adjacent to an activating group) is 1. The number of hydrogen-bond acceptors (Lipinski definition) is 6. The second kappa shape index (κ2) is 10.3. The van der Waals surface area contributed by atoms with Gasteiger partial charge in [0.05, 0.1) is 0 Å². The zero-order valence-corrected chi connectivity index (χ0v) is 18.6. The fraction of sp³-hybridized carbons (Fsp3) is 0.826. The lowest BCUT2D eigenvalue weighted by molar-refractivity contribution is 0.131. The Hall–Kier alpha value is -1.76. The Morgan fingerprint density at radius 2 is 1.48 bits per heavy atom. The van der Waals surface area contributed by atoms with Crippen LogP contribution in [0.3, 0.4) is 0 Å². The third kappa shape index (κ3) is 5.44. The summed E-state index contributed by atoms with van der Waals surface area (Å²) < 4.78 is 0. The fourth-order valence-electron chi connectivity index (χ4n) is 5.35. The Morgan fingerprint density at radius 1 is 0.897 bits per heavy atom. The van der Waals surface area contributed by atoms with Gasteiger partial charge in [-0.1, -0.05) is 0 Å². The second-order valence-corrected chi connectivity index (χ2v) is 9.29. The van der Waals surface area contributed by atoms with Crippen molar-refractivity contribution in [1.82, 2.24) is 19.6 Å². The first kappa shape index (κ1) is 21.9. The van der Waals surface area contributed by atoms with Crippen molar-refractivity contribution in [3.8, 4) is 12.1 Å². The molecule has 0 N–H and O–H groups in total. The van der Waals surface area contributed by atoms with Crippen LogP contribution < -0.4 is 0 Å². The molecule has 2 atom stereocenters. The average molecular weight is 399 g/mol. The first-order chi connectivity index (χ1) is 14.0. The van der Waals surface area contributed by atoms with Crippen LogP contribution in [0.4, 0.5) is 0 Å². The van der Waals surface area contributed by atoms with E-state index in [2.05, 4.69) is 45.6 Å². The summed E-state index contributed by atoms with van der Waals surface area (Å²) in [5.41, 5.74) is 0.258. The Kier molecular flexibility index (Phi) is 7.81. The van der Waals surface area contributed by atoms with Crippen molar-refractivity contribution in [1.29, 1.82) is 10.5 Å². The molecule has 0 radical (unpaired) electrons. The Morgan fingerprint density at radius 3 is 2.00 bits per heavy atom. The highest BCUT2D eigenvalue weighted by Crippen LogP contribution is 2.27. The van der Waals surface area contributed by atoms with Crippen LogP contribution in [0.2, 0.25) is 0 Å². The van der Waals surface area contributed by atoms with Crippen molar-refractivity contribution < 1.29 is 0 Å². The van der Waals surface area contributed by atoms with Crippen LogP contribution in [0.5, 0.6) is 0 Å². The van der Waals surface area contributed by atoms with Gasteiger partial charge in [0, 0.05) is 51.9 Å². The Labute approximate surface area is 177 Å². The molecule has 0 spiro atoms. The number of likely N-dealkylation sites (tertiary alicyclic amines) is 3. The number of nitrogens with zero attached hydrogens (tertiary/aromatic N) is 6. The summed E-state index contributed by atoms with van der Waals surface area (Å²) in [6.07, 6.45) is 7.51. The third-order valence-electron chi connectivity index (χ3n) is 7.32. The maximum absolute atomic E-state index is 9.57. The summed E-state index contributed by atoms with van der Waals surface area (Å²) in [5, 5.41) is 19.1. The van der Waals surface area contributed by atoms with E-state index in [0.717, 1.165) is 63.3 Å². The summed E-state index contributed by atoms with van der Waals surface area (Å²) in [7, 11) is 2.04. The van der Waals surface area contributed by atoms with Gasteiger partial charge in [0.25, 0.3) is 0 Å². The molecule has 6 heteroatoms. The Balaban J connectivity index is 1.58. The van der Waals surface area contributed by atoms with Gasteiger partial charge in [-0.2, -0.15) is 10.5 Å². The zero-order valence-electron chi connectivity index (χ0n) is 18.6. The highest BCUT2D eigenvalue weighted by atomic mass is 15.3. The van der Waals surface area contributed by atoms with Crippen molar-refractivity contribution in [3.63, 3.8) is 0 Å². The summed E-state index contributed by atoms with van der Waals surface area (Å²) in [6.45, 7) is 12.0. The predicted molar refractivity (Wildman–Crippen MR) is 116 cm³/mol. The maximum atomic E-state index is 9.57. The molecule has 3 saturated heterocycles. The van der Waals surface area contributed by atoms with Crippen LogP contribution in [-0.4, -0.2) is 84.5 Å². The van der Waals surface area contributed by atoms with E-state index < -0.39 is 0 Å². The molecule has 0 aromatic rings. The minimum atomic E-state index is 0.258. The van der Waals surface area contributed by atoms with Gasteiger partial charge in [-0.05, 0) is 71.4 Å². The predicted octanol–water partition coefficient (Wildman–Crippen LogP) is 2.86. The van der Waals surface area contributed by atoms with Gasteiger partial charge in [0.15, 0.2) is 5.57 Å². The quantitative estimate of drug-likeness (QED) is 0.615. The van der Waals surface area contributed by atoms with Gasteiger partial charge in [0.2, 0.25) is 0 Å². The maximum Gasteiger partial charge on any atom is 0.169 e. The van der Waals surface area contributed by atoms with Gasteiger partial charge < -0.3 is 14.7 Å². The first-order valence-corrected chi connectivity index (χ1v) is 11.5. The van der Waals surface area contributed by atoms with Crippen LogP contribution in [0.1, 0.15) is 52.4 Å². The van der Waals surface area contributed by atoms with E-state index in [0.29, 0.717) is 6.04 Å². The van der Waals surface area contributed by atoms with Crippen LogP contribution in [0, 0.1) is 28.6 Å². The van der Waals surface area contributed by atoms with Crippen molar-refractivity contribution in [2.24, 2.45) is 5.92 Å². The number of rotatable bonds is 7. The SMILES string of the molecule is CC1CCCN1CCN(C)C(=C(C#N)C#N)N1CCC(CN2CCCC2C)CC1. The normalized spacial score (nSPS) is 26.3. The lowest BCUT2D eigenvalue weighted by atomic mass is 9.95. The molecule has 0 bridgehead atoms. The van der Waals surface area contributed by atoms with Crippen molar-refractivity contribution in [3.05, 3.63) is 11.4 Å². The van der Waals surface area contributed by atoms with Gasteiger partial charge in [-0.25, -0.2) is 0 Å². The first-order valence-electron chi connectivity index (χ1n) is 11.5. The summed E-state index contributed by atoms with van der Waals surface area (Å²) in [5.74, 6) is 1.58. The molecule has 0 aliphatic carbocycles. The van der Waals surface area contributed by atoms with E-state index in [9.17, 15) is 10.5 Å². The number of nitriles is 2. The van der Waals surface area contributed by atoms with Gasteiger partial charge in [-0.3, -0.25) is 4.90 Å². The number of hydrogen-bond donors (Lipinski definition) is 0. The van der Waals surface area contributed by atoms with Gasteiger partial charge in [-0.15, -0.1) is 0 Å². The smallest absolute Gasteiger partial charge is 0.169 e. The average Bonchev–Trinajstić information content (AvgIpc) is 3.33. The molecule has 3 heterocycles. The lowest BCUT2D eigenvalue weighted by Gasteiger charge is -2.40. The van der Waals surface area contributed by atoms with E-state index in [-0.39, 0.29) is 5.57 Å². The zero-order chi connectivity index (χ0) is 20.8. The molecule has 3 aliphatic rings. The van der Waals surface area contributed by atoms with Crippen LogP contribution in [0.25, 0.3) is 0 Å². The molecular formula is C23H38N6. The van der Waals surface area contributed by atoms with E-state index in [1.54, 1.807) is 0 Å². The molecule has 29 heavy (non-hydrogen) atoms. The van der Waals surface area contributed by atoms with Crippen molar-refractivity contribution in [2.45, 2.75) is 64.5 Å². The summed E-state index contributed by atoms with van der Waals surface area (Å²) in [4.78, 5) is 9.61. The standard InChI is InChI=1S/C23H38N6/c1-19-6-4-10-27(19)15-14-26(3)23(22(16-24)17-25)28-12-8-21(9-13-28)18-29-11-5-7-20(29)2/h19-21H,4-15,18H2,1-3H3. The molecule has 0 aromatic heterocycles. The molecular weight excluding hydrogens is 360 g/mol. The number of piperidine rings is 1. The van der Waals surface area contributed by atoms with Crippen molar-refractivity contribution >= 4 is 0 Å². The van der Waals surface area contributed by atoms with Gasteiger partial charge in [0.1, 0.15) is 18.0 Å². The van der Waals surface area contributed by atoms with Crippen LogP contribution >= 0.6 is 0 Å². The van der Waals surface area contributed by atoms with Crippen molar-refractivity contribution in [2.75, 3.05) is 52.9 Å². The van der Waals surface area contributed by atoms with E-state index >= 15 is 0 Å². The van der Waals surface area contributed by atoms with E-state index in [1.807, 2.05) is 7.05 Å². The highest BCUT2D eigenvalue weighted by Gasteiger charge is 2.29. The molecule has 160 valence electrons. The Bertz CT molecular complexity index is 635. The lowest BCUT2D eigenvalue weighted by Crippen LogP contribution is -2.44. The fourth-order valence-corrected chi connectivity index (χ4v) is 5.35. The topological polar surface area (TPSA) is 60.5 Å². The van der Waals surface area contributed by atoms with Crippen LogP contribution in [0.15, 0.2) is 11.4 Å². The monoisotopic (exact) mass is 398 g/mol. The van der Waals surface area contributed by atoms with E-state index in [1.165, 1.54) is 38.8 Å². The molecule has 0 saturated carbocycles. The van der Waals surface area contributed by atoms with Gasteiger partial charge >= 0.3 is 0 Å². The minimum absolute atomic E-state index is 0.258. The second-order valence-electron chi connectivity index (χ2n) is 9.29. The number of allylic oxidation sites excluding steroid dienone is 1. The molecule has 6 nitrogen and oxygen atoms in total. The largest absolute Gasteiger partial charge is 0.358 e.